The van der Waals surface area contributed by atoms with Crippen LogP contribution in [-0.2, 0) is 12.8 Å². The molecule has 0 bridgehead atoms. The van der Waals surface area contributed by atoms with Crippen LogP contribution in [-0.4, -0.2) is 6.04 Å². The van der Waals surface area contributed by atoms with Crippen molar-refractivity contribution in [3.05, 3.63) is 70.2 Å². The predicted octanol–water partition coefficient (Wildman–Crippen LogP) is 3.24. The fourth-order valence-corrected chi connectivity index (χ4v) is 2.29. The molecule has 2 aromatic carbocycles. The quantitative estimate of drug-likeness (QED) is 0.657. The Labute approximate surface area is 121 Å². The minimum Gasteiger partial charge on any atom is -0.271 e. The number of hydrogen-bond donors (Lipinski definition) is 2. The molecule has 0 saturated heterocycles. The van der Waals surface area contributed by atoms with Gasteiger partial charge in [-0.15, -0.1) is 0 Å². The van der Waals surface area contributed by atoms with Crippen LogP contribution < -0.4 is 11.3 Å². The lowest BCUT2D eigenvalue weighted by Gasteiger charge is -2.17. The molecule has 0 fully saturated rings. The molecule has 0 spiro atoms. The maximum Gasteiger partial charge on any atom is 0.124 e. The first-order chi connectivity index (χ1) is 9.58. The molecule has 20 heavy (non-hydrogen) atoms. The number of hydrogen-bond acceptors (Lipinski definition) is 2. The van der Waals surface area contributed by atoms with E-state index in [1.54, 1.807) is 18.2 Å². The molecule has 1 atom stereocenters. The summed E-state index contributed by atoms with van der Waals surface area (Å²) in [5, 5.41) is 0.379. The Bertz CT molecular complexity index is 573. The van der Waals surface area contributed by atoms with Gasteiger partial charge in [0.05, 0.1) is 0 Å². The van der Waals surface area contributed by atoms with Gasteiger partial charge in [0.15, 0.2) is 0 Å². The normalized spacial score (nSPS) is 12.4. The Morgan fingerprint density at radius 1 is 1.00 bits per heavy atom. The summed E-state index contributed by atoms with van der Waals surface area (Å²) in [5.41, 5.74) is 4.49. The van der Waals surface area contributed by atoms with Crippen molar-refractivity contribution in [3.63, 3.8) is 0 Å². The van der Waals surface area contributed by atoms with Crippen LogP contribution in [0.15, 0.2) is 42.5 Å². The third kappa shape index (κ3) is 4.00. The van der Waals surface area contributed by atoms with Crippen molar-refractivity contribution in [2.24, 2.45) is 5.84 Å². The van der Waals surface area contributed by atoms with Gasteiger partial charge in [-0.25, -0.2) is 8.78 Å². The highest BCUT2D eigenvalue weighted by atomic mass is 35.5. The van der Waals surface area contributed by atoms with E-state index in [-0.39, 0.29) is 17.7 Å². The zero-order chi connectivity index (χ0) is 14.5. The molecule has 5 heteroatoms. The molecular formula is C15H15ClF2N2. The van der Waals surface area contributed by atoms with Crippen LogP contribution in [0.1, 0.15) is 11.1 Å². The number of benzene rings is 2. The number of nitrogens with one attached hydrogen (secondary N) is 1. The summed E-state index contributed by atoms with van der Waals surface area (Å²) in [7, 11) is 0. The Kier molecular flexibility index (Phi) is 5.06. The molecule has 0 heterocycles. The van der Waals surface area contributed by atoms with Crippen LogP contribution in [0.2, 0.25) is 5.02 Å². The first-order valence-corrected chi connectivity index (χ1v) is 6.61. The SMILES string of the molecule is NNC(Cc1ccc(F)cc1)Cc1ccc(F)cc1Cl. The van der Waals surface area contributed by atoms with Crippen LogP contribution in [0, 0.1) is 11.6 Å². The first-order valence-electron chi connectivity index (χ1n) is 6.23. The maximum atomic E-state index is 13.0. The second-order valence-corrected chi connectivity index (χ2v) is 5.04. The molecule has 2 aromatic rings. The Morgan fingerprint density at radius 3 is 2.25 bits per heavy atom. The van der Waals surface area contributed by atoms with Crippen molar-refractivity contribution in [2.75, 3.05) is 0 Å². The van der Waals surface area contributed by atoms with Crippen LogP contribution in [0.5, 0.6) is 0 Å². The van der Waals surface area contributed by atoms with E-state index in [1.807, 2.05) is 0 Å². The van der Waals surface area contributed by atoms with Gasteiger partial charge in [0.1, 0.15) is 11.6 Å². The molecule has 2 nitrogen and oxygen atoms in total. The summed E-state index contributed by atoms with van der Waals surface area (Å²) in [4.78, 5) is 0. The van der Waals surface area contributed by atoms with E-state index < -0.39 is 0 Å². The molecule has 0 amide bonds. The molecule has 2 rings (SSSR count). The fraction of sp³-hybridized carbons (Fsp3) is 0.200. The number of nitrogens with two attached hydrogens (primary N) is 1. The molecule has 0 aliphatic heterocycles. The highest BCUT2D eigenvalue weighted by molar-refractivity contribution is 6.31. The Hall–Kier alpha value is -1.49. The van der Waals surface area contributed by atoms with Crippen molar-refractivity contribution in [1.82, 2.24) is 5.43 Å². The zero-order valence-corrected chi connectivity index (χ0v) is 11.5. The van der Waals surface area contributed by atoms with Gasteiger partial charge in [0.25, 0.3) is 0 Å². The average molecular weight is 297 g/mol. The molecule has 106 valence electrons. The monoisotopic (exact) mass is 296 g/mol. The van der Waals surface area contributed by atoms with Gasteiger partial charge in [-0.1, -0.05) is 29.8 Å². The third-order valence-electron chi connectivity index (χ3n) is 3.11. The largest absolute Gasteiger partial charge is 0.271 e. The predicted molar refractivity (Wildman–Crippen MR) is 76.3 cm³/mol. The smallest absolute Gasteiger partial charge is 0.124 e. The first kappa shape index (κ1) is 14.9. The van der Waals surface area contributed by atoms with Crippen LogP contribution in [0.25, 0.3) is 0 Å². The molecule has 0 radical (unpaired) electrons. The van der Waals surface area contributed by atoms with Crippen LogP contribution in [0.3, 0.4) is 0 Å². The van der Waals surface area contributed by atoms with E-state index >= 15 is 0 Å². The van der Waals surface area contributed by atoms with Gasteiger partial charge < -0.3 is 0 Å². The van der Waals surface area contributed by atoms with E-state index in [0.29, 0.717) is 17.9 Å². The van der Waals surface area contributed by atoms with Gasteiger partial charge >= 0.3 is 0 Å². The topological polar surface area (TPSA) is 38.0 Å². The van der Waals surface area contributed by atoms with E-state index in [0.717, 1.165) is 11.1 Å². The molecule has 0 aliphatic rings. The standard InChI is InChI=1S/C15H15ClF2N2/c16-15-9-13(18)6-3-11(15)8-14(20-19)7-10-1-4-12(17)5-2-10/h1-6,9,14,20H,7-8,19H2. The van der Waals surface area contributed by atoms with Crippen molar-refractivity contribution >= 4 is 11.6 Å². The highest BCUT2D eigenvalue weighted by Gasteiger charge is 2.12. The summed E-state index contributed by atoms with van der Waals surface area (Å²) in [6.45, 7) is 0. The summed E-state index contributed by atoms with van der Waals surface area (Å²) in [6.07, 6.45) is 1.19. The number of halogens is 3. The molecule has 0 aromatic heterocycles. The van der Waals surface area contributed by atoms with Gasteiger partial charge in [0.2, 0.25) is 0 Å². The van der Waals surface area contributed by atoms with E-state index in [4.69, 9.17) is 17.4 Å². The lowest BCUT2D eigenvalue weighted by Crippen LogP contribution is -2.38. The summed E-state index contributed by atoms with van der Waals surface area (Å²) < 4.78 is 25.8. The minimum atomic E-state index is -0.366. The summed E-state index contributed by atoms with van der Waals surface area (Å²) in [6, 6.07) is 10.5. The number of rotatable bonds is 5. The molecule has 0 aliphatic carbocycles. The summed E-state index contributed by atoms with van der Waals surface area (Å²) >= 11 is 6.00. The molecule has 1 unspecified atom stereocenters. The van der Waals surface area contributed by atoms with Gasteiger partial charge in [0, 0.05) is 11.1 Å². The Balaban J connectivity index is 2.07. The highest BCUT2D eigenvalue weighted by Crippen LogP contribution is 2.19. The van der Waals surface area contributed by atoms with Crippen LogP contribution >= 0.6 is 11.6 Å². The molecule has 3 N–H and O–H groups in total. The summed E-state index contributed by atoms with van der Waals surface area (Å²) in [5.74, 6) is 4.90. The van der Waals surface area contributed by atoms with Crippen molar-refractivity contribution in [2.45, 2.75) is 18.9 Å². The third-order valence-corrected chi connectivity index (χ3v) is 3.46. The second kappa shape index (κ2) is 6.79. The van der Waals surface area contributed by atoms with Gasteiger partial charge in [-0.05, 0) is 48.2 Å². The molecular weight excluding hydrogens is 282 g/mol. The second-order valence-electron chi connectivity index (χ2n) is 4.63. The van der Waals surface area contributed by atoms with Crippen molar-refractivity contribution in [1.29, 1.82) is 0 Å². The fourth-order valence-electron chi connectivity index (χ4n) is 2.05. The lowest BCUT2D eigenvalue weighted by molar-refractivity contribution is 0.521. The maximum absolute atomic E-state index is 13.0. The van der Waals surface area contributed by atoms with Gasteiger partial charge in [-0.2, -0.15) is 0 Å². The van der Waals surface area contributed by atoms with Gasteiger partial charge in [-0.3, -0.25) is 11.3 Å². The Morgan fingerprint density at radius 2 is 1.65 bits per heavy atom. The van der Waals surface area contributed by atoms with Crippen molar-refractivity contribution in [3.8, 4) is 0 Å². The minimum absolute atomic E-state index is 0.0663. The van der Waals surface area contributed by atoms with E-state index in [9.17, 15) is 8.78 Å². The van der Waals surface area contributed by atoms with E-state index in [2.05, 4.69) is 5.43 Å². The average Bonchev–Trinajstić information content (AvgIpc) is 2.43. The zero-order valence-electron chi connectivity index (χ0n) is 10.7. The van der Waals surface area contributed by atoms with Crippen LogP contribution in [0.4, 0.5) is 8.78 Å². The van der Waals surface area contributed by atoms with Crippen molar-refractivity contribution < 1.29 is 8.78 Å². The molecule has 0 saturated carbocycles. The number of hydrazine groups is 1. The van der Waals surface area contributed by atoms with E-state index in [1.165, 1.54) is 24.3 Å². The lowest BCUT2D eigenvalue weighted by atomic mass is 9.99.